The van der Waals surface area contributed by atoms with E-state index >= 15 is 0 Å². The lowest BCUT2D eigenvalue weighted by Crippen LogP contribution is -2.47. The first-order valence-electron chi connectivity index (χ1n) is 8.97. The molecule has 2 amide bonds. The summed E-state index contributed by atoms with van der Waals surface area (Å²) in [6.07, 6.45) is 4.93. The van der Waals surface area contributed by atoms with Crippen LogP contribution in [0.3, 0.4) is 0 Å². The van der Waals surface area contributed by atoms with Crippen LogP contribution in [0.25, 0.3) is 0 Å². The van der Waals surface area contributed by atoms with Crippen LogP contribution >= 0.6 is 0 Å². The largest absolute Gasteiger partial charge is 0.445 e. The number of hydrogen-bond acceptors (Lipinski definition) is 5. The second-order valence-corrected chi connectivity index (χ2v) is 7.20. The van der Waals surface area contributed by atoms with E-state index in [1.54, 1.807) is 0 Å². The molecule has 0 heterocycles. The minimum Gasteiger partial charge on any atom is -0.445 e. The Morgan fingerprint density at radius 2 is 1.73 bits per heavy atom. The molecule has 0 atom stereocenters. The number of ether oxygens (including phenoxy) is 2. The molecule has 0 radical (unpaired) electrons. The first-order chi connectivity index (χ1) is 12.3. The molecule has 0 aliphatic heterocycles. The Morgan fingerprint density at radius 3 is 2.27 bits per heavy atom. The van der Waals surface area contributed by atoms with Crippen molar-refractivity contribution >= 4 is 12.2 Å². The number of primary amides is 1. The van der Waals surface area contributed by atoms with Gasteiger partial charge in [-0.15, -0.1) is 0 Å². The molecule has 26 heavy (non-hydrogen) atoms. The molecule has 1 aliphatic carbocycles. The van der Waals surface area contributed by atoms with Gasteiger partial charge in [0.15, 0.2) is 0 Å². The van der Waals surface area contributed by atoms with Gasteiger partial charge in [0, 0.05) is 6.04 Å². The van der Waals surface area contributed by atoms with Gasteiger partial charge in [-0.1, -0.05) is 49.6 Å². The van der Waals surface area contributed by atoms with Crippen LogP contribution in [-0.2, 0) is 16.1 Å². The molecule has 1 aliphatic rings. The Kier molecular flexibility index (Phi) is 9.51. The number of rotatable bonds is 4. The van der Waals surface area contributed by atoms with Crippen LogP contribution < -0.4 is 16.6 Å². The summed E-state index contributed by atoms with van der Waals surface area (Å²) in [4.78, 5) is 21.5. The summed E-state index contributed by atoms with van der Waals surface area (Å²) in [6, 6.07) is 9.78. The van der Waals surface area contributed by atoms with Crippen molar-refractivity contribution in [1.82, 2.24) is 10.9 Å². The maximum Gasteiger partial charge on any atom is 0.422 e. The van der Waals surface area contributed by atoms with Gasteiger partial charge >= 0.3 is 12.2 Å². The van der Waals surface area contributed by atoms with E-state index in [0.717, 1.165) is 18.4 Å². The third-order valence-corrected chi connectivity index (χ3v) is 3.61. The van der Waals surface area contributed by atoms with Crippen molar-refractivity contribution in [1.29, 1.82) is 0 Å². The van der Waals surface area contributed by atoms with Crippen molar-refractivity contribution in [3.8, 4) is 0 Å². The van der Waals surface area contributed by atoms with Gasteiger partial charge in [-0.3, -0.25) is 5.43 Å². The van der Waals surface area contributed by atoms with Crippen molar-refractivity contribution in [2.75, 3.05) is 0 Å². The van der Waals surface area contributed by atoms with Crippen molar-refractivity contribution in [3.63, 3.8) is 0 Å². The predicted octanol–water partition coefficient (Wildman–Crippen LogP) is 3.63. The molecule has 0 bridgehead atoms. The highest BCUT2D eigenvalue weighted by atomic mass is 16.6. The smallest absolute Gasteiger partial charge is 0.422 e. The number of carbonyl (C=O) groups excluding carboxylic acids is 2. The van der Waals surface area contributed by atoms with Gasteiger partial charge in [0.2, 0.25) is 0 Å². The number of amides is 2. The van der Waals surface area contributed by atoms with E-state index in [4.69, 9.17) is 10.5 Å². The van der Waals surface area contributed by atoms with E-state index in [-0.39, 0.29) is 6.61 Å². The Hall–Kier alpha value is -2.28. The maximum absolute atomic E-state index is 11.3. The van der Waals surface area contributed by atoms with E-state index < -0.39 is 17.8 Å². The molecule has 7 heteroatoms. The number of hydrazine groups is 1. The topological polar surface area (TPSA) is 103 Å². The molecule has 0 saturated heterocycles. The molecule has 0 unspecified atom stereocenters. The summed E-state index contributed by atoms with van der Waals surface area (Å²) in [7, 11) is 0. The molecule has 0 spiro atoms. The molecule has 7 nitrogen and oxygen atoms in total. The zero-order valence-electron chi connectivity index (χ0n) is 15.9. The van der Waals surface area contributed by atoms with Crippen molar-refractivity contribution < 1.29 is 19.1 Å². The van der Waals surface area contributed by atoms with Crippen LogP contribution in [-0.4, -0.2) is 23.8 Å². The molecule has 0 aromatic heterocycles. The van der Waals surface area contributed by atoms with Crippen LogP contribution in [0, 0.1) is 0 Å². The molecule has 146 valence electrons. The zero-order valence-corrected chi connectivity index (χ0v) is 15.9. The fourth-order valence-corrected chi connectivity index (χ4v) is 2.44. The molecule has 1 aromatic carbocycles. The molecule has 1 saturated carbocycles. The summed E-state index contributed by atoms with van der Waals surface area (Å²) >= 11 is 0. The Labute approximate surface area is 155 Å². The van der Waals surface area contributed by atoms with Gasteiger partial charge in [0.25, 0.3) is 0 Å². The third-order valence-electron chi connectivity index (χ3n) is 3.61. The Morgan fingerprint density at radius 1 is 1.12 bits per heavy atom. The van der Waals surface area contributed by atoms with Gasteiger partial charge in [0.05, 0.1) is 0 Å². The monoisotopic (exact) mass is 365 g/mol. The van der Waals surface area contributed by atoms with Crippen molar-refractivity contribution in [3.05, 3.63) is 35.9 Å². The van der Waals surface area contributed by atoms with E-state index in [9.17, 15) is 9.59 Å². The highest BCUT2D eigenvalue weighted by molar-refractivity contribution is 5.67. The number of nitrogens with one attached hydrogen (secondary N) is 2. The molecule has 1 fully saturated rings. The first-order valence-corrected chi connectivity index (χ1v) is 8.97. The van der Waals surface area contributed by atoms with Crippen molar-refractivity contribution in [2.45, 2.75) is 71.1 Å². The molecule has 2 rings (SSSR count). The van der Waals surface area contributed by atoms with E-state index in [0.29, 0.717) is 6.04 Å². The van der Waals surface area contributed by atoms with Gasteiger partial charge in [-0.05, 0) is 39.2 Å². The lowest BCUT2D eigenvalue weighted by Gasteiger charge is -2.25. The summed E-state index contributed by atoms with van der Waals surface area (Å²) < 4.78 is 9.68. The van der Waals surface area contributed by atoms with E-state index in [2.05, 4.69) is 15.6 Å². The van der Waals surface area contributed by atoms with E-state index in [1.807, 2.05) is 51.1 Å². The number of nitrogens with two attached hydrogens (primary N) is 1. The highest BCUT2D eigenvalue weighted by Gasteiger charge is 2.18. The first kappa shape index (κ1) is 21.8. The molecule has 4 N–H and O–H groups in total. The number of carbonyl (C=O) groups is 2. The lowest BCUT2D eigenvalue weighted by molar-refractivity contribution is 0.0482. The maximum atomic E-state index is 11.3. The van der Waals surface area contributed by atoms with Crippen LogP contribution in [0.5, 0.6) is 0 Å². The number of benzene rings is 1. The normalized spacial score (nSPS) is 14.6. The average molecular weight is 365 g/mol. The lowest BCUT2D eigenvalue weighted by atomic mass is 9.96. The third kappa shape index (κ3) is 11.3. The zero-order chi connectivity index (χ0) is 19.4. The quantitative estimate of drug-likeness (QED) is 0.707. The van der Waals surface area contributed by atoms with Gasteiger partial charge in [0.1, 0.15) is 12.2 Å². The van der Waals surface area contributed by atoms with Crippen LogP contribution in [0.4, 0.5) is 9.59 Å². The van der Waals surface area contributed by atoms with E-state index in [1.165, 1.54) is 19.3 Å². The highest BCUT2D eigenvalue weighted by Crippen LogP contribution is 2.16. The Balaban J connectivity index is 0.000000273. The average Bonchev–Trinajstić information content (AvgIpc) is 2.59. The fourth-order valence-electron chi connectivity index (χ4n) is 2.44. The van der Waals surface area contributed by atoms with Gasteiger partial charge < -0.3 is 15.2 Å². The molecular formula is C19H31N3O4. The van der Waals surface area contributed by atoms with Gasteiger partial charge in [-0.2, -0.15) is 0 Å². The molecule has 1 aromatic rings. The van der Waals surface area contributed by atoms with Crippen LogP contribution in [0.1, 0.15) is 58.4 Å². The standard InChI is InChI=1S/C11H22N2O2.C8H9NO2/c1-11(2,3)15-10(14)13-12-9-7-5-4-6-8-9;9-8(10)11-6-7-4-2-1-3-5-7/h9,12H,4-8H2,1-3H3,(H,13,14);1-5H,6H2,(H2,9,10). The summed E-state index contributed by atoms with van der Waals surface area (Å²) in [6.45, 7) is 5.81. The van der Waals surface area contributed by atoms with Crippen LogP contribution in [0.15, 0.2) is 30.3 Å². The summed E-state index contributed by atoms with van der Waals surface area (Å²) in [5.41, 5.74) is 10.9. The molecular weight excluding hydrogens is 334 g/mol. The SMILES string of the molecule is CC(C)(C)OC(=O)NNC1CCCCC1.NC(=O)OCc1ccccc1. The van der Waals surface area contributed by atoms with Gasteiger partial charge in [-0.25, -0.2) is 15.0 Å². The minimum absolute atomic E-state index is 0.246. The second-order valence-electron chi connectivity index (χ2n) is 7.20. The predicted molar refractivity (Wildman–Crippen MR) is 100 cm³/mol. The second kappa shape index (κ2) is 11.4. The minimum atomic E-state index is -0.742. The van der Waals surface area contributed by atoms with Crippen molar-refractivity contribution in [2.24, 2.45) is 5.73 Å². The summed E-state index contributed by atoms with van der Waals surface area (Å²) in [5, 5.41) is 0. The fraction of sp³-hybridized carbons (Fsp3) is 0.579. The Bertz CT molecular complexity index is 537. The number of hydrogen-bond donors (Lipinski definition) is 3. The van der Waals surface area contributed by atoms with Crippen LogP contribution in [0.2, 0.25) is 0 Å². The summed E-state index contributed by atoms with van der Waals surface area (Å²) in [5.74, 6) is 0.